The summed E-state index contributed by atoms with van der Waals surface area (Å²) in [7, 11) is 2.07. The maximum absolute atomic E-state index is 12.7. The highest BCUT2D eigenvalue weighted by atomic mass is 16.5. The van der Waals surface area contributed by atoms with Crippen LogP contribution in [0.3, 0.4) is 0 Å². The van der Waals surface area contributed by atoms with Gasteiger partial charge in [-0.25, -0.2) is 4.90 Å². The predicted molar refractivity (Wildman–Crippen MR) is 87.6 cm³/mol. The molecule has 2 heterocycles. The first-order valence-electron chi connectivity index (χ1n) is 8.12. The first-order valence-corrected chi connectivity index (χ1v) is 8.12. The van der Waals surface area contributed by atoms with Gasteiger partial charge < -0.3 is 9.64 Å². The molecule has 1 aromatic carbocycles. The molecule has 0 saturated carbocycles. The van der Waals surface area contributed by atoms with Gasteiger partial charge in [0.1, 0.15) is 5.75 Å². The number of hydrogen-bond acceptors (Lipinski definition) is 5. The Balaban J connectivity index is 1.73. The fourth-order valence-corrected chi connectivity index (χ4v) is 3.16. The van der Waals surface area contributed by atoms with E-state index in [0.717, 1.165) is 31.9 Å². The van der Waals surface area contributed by atoms with E-state index in [1.807, 2.05) is 6.92 Å². The summed E-state index contributed by atoms with van der Waals surface area (Å²) in [5, 5.41) is 0. The van der Waals surface area contributed by atoms with Crippen molar-refractivity contribution in [1.82, 2.24) is 9.80 Å². The first-order chi connectivity index (χ1) is 11.1. The summed E-state index contributed by atoms with van der Waals surface area (Å²) in [6.45, 7) is 6.03. The van der Waals surface area contributed by atoms with E-state index in [-0.39, 0.29) is 24.3 Å². The van der Waals surface area contributed by atoms with Crippen LogP contribution in [0.1, 0.15) is 13.3 Å². The molecule has 2 amide bonds. The molecule has 0 bridgehead atoms. The minimum absolute atomic E-state index is 0.108. The molecule has 6 nitrogen and oxygen atoms in total. The Kier molecular flexibility index (Phi) is 4.63. The van der Waals surface area contributed by atoms with Crippen LogP contribution in [0, 0.1) is 0 Å². The lowest BCUT2D eigenvalue weighted by atomic mass is 10.2. The Morgan fingerprint density at radius 3 is 2.35 bits per heavy atom. The zero-order valence-electron chi connectivity index (χ0n) is 13.7. The van der Waals surface area contributed by atoms with Crippen molar-refractivity contribution in [3.05, 3.63) is 24.3 Å². The molecular formula is C17H23N3O3. The molecule has 2 fully saturated rings. The summed E-state index contributed by atoms with van der Waals surface area (Å²) in [6, 6.07) is 6.81. The lowest BCUT2D eigenvalue weighted by Crippen LogP contribution is -2.51. The molecule has 0 unspecified atom stereocenters. The summed E-state index contributed by atoms with van der Waals surface area (Å²) in [4.78, 5) is 30.8. The van der Waals surface area contributed by atoms with Gasteiger partial charge in [0.2, 0.25) is 5.91 Å². The number of carbonyl (C=O) groups is 2. The number of rotatable bonds is 4. The number of nitrogens with zero attached hydrogens (tertiary/aromatic N) is 3. The molecule has 2 aliphatic heterocycles. The Morgan fingerprint density at radius 2 is 1.74 bits per heavy atom. The third-order valence-electron chi connectivity index (χ3n) is 4.51. The molecule has 2 saturated heterocycles. The average Bonchev–Trinajstić information content (AvgIpc) is 2.84. The van der Waals surface area contributed by atoms with E-state index < -0.39 is 0 Å². The summed E-state index contributed by atoms with van der Waals surface area (Å²) >= 11 is 0. The highest BCUT2D eigenvalue weighted by molar-refractivity contribution is 6.22. The smallest absolute Gasteiger partial charge is 0.251 e. The Bertz CT molecular complexity index is 579. The molecular weight excluding hydrogens is 294 g/mol. The summed E-state index contributed by atoms with van der Waals surface area (Å²) in [6.07, 6.45) is 0.274. The minimum atomic E-state index is -0.317. The molecule has 0 N–H and O–H groups in total. The van der Waals surface area contributed by atoms with Gasteiger partial charge in [-0.05, 0) is 38.2 Å². The highest BCUT2D eigenvalue weighted by Crippen LogP contribution is 2.27. The van der Waals surface area contributed by atoms with Crippen LogP contribution >= 0.6 is 0 Å². The first kappa shape index (κ1) is 16.0. The van der Waals surface area contributed by atoms with Crippen LogP contribution in [0.2, 0.25) is 0 Å². The van der Waals surface area contributed by atoms with Gasteiger partial charge in [-0.2, -0.15) is 0 Å². The average molecular weight is 317 g/mol. The topological polar surface area (TPSA) is 53.1 Å². The number of piperazine rings is 1. The Labute approximate surface area is 136 Å². The van der Waals surface area contributed by atoms with Gasteiger partial charge >= 0.3 is 0 Å². The van der Waals surface area contributed by atoms with Crippen LogP contribution in [0.4, 0.5) is 5.69 Å². The second-order valence-electron chi connectivity index (χ2n) is 6.05. The van der Waals surface area contributed by atoms with E-state index in [9.17, 15) is 9.59 Å². The normalized spacial score (nSPS) is 23.6. The summed E-state index contributed by atoms with van der Waals surface area (Å²) in [5.41, 5.74) is 0.625. The zero-order valence-corrected chi connectivity index (χ0v) is 13.7. The molecule has 3 rings (SSSR count). The fraction of sp³-hybridized carbons (Fsp3) is 0.529. The maximum Gasteiger partial charge on any atom is 0.251 e. The van der Waals surface area contributed by atoms with Crippen LogP contribution in [-0.4, -0.2) is 67.5 Å². The molecule has 6 heteroatoms. The van der Waals surface area contributed by atoms with E-state index in [1.54, 1.807) is 24.3 Å². The van der Waals surface area contributed by atoms with E-state index in [2.05, 4.69) is 16.8 Å². The van der Waals surface area contributed by atoms with Gasteiger partial charge in [0, 0.05) is 26.2 Å². The van der Waals surface area contributed by atoms with Gasteiger partial charge in [0.05, 0.1) is 24.8 Å². The van der Waals surface area contributed by atoms with Gasteiger partial charge in [-0.3, -0.25) is 14.5 Å². The van der Waals surface area contributed by atoms with Crippen molar-refractivity contribution in [2.24, 2.45) is 0 Å². The number of benzene rings is 1. The standard InChI is InChI=1S/C17H23N3O3/c1-3-23-14-6-4-13(5-7-14)20-16(21)12-15(17(20)22)19-10-8-18(2)9-11-19/h4-7,15H,3,8-12H2,1-2H3/t15-/m0/s1. The molecule has 0 aromatic heterocycles. The molecule has 0 radical (unpaired) electrons. The van der Waals surface area contributed by atoms with Crippen molar-refractivity contribution in [2.75, 3.05) is 44.7 Å². The van der Waals surface area contributed by atoms with Crippen molar-refractivity contribution < 1.29 is 14.3 Å². The zero-order chi connectivity index (χ0) is 16.4. The van der Waals surface area contributed by atoms with Crippen LogP contribution in [0.25, 0.3) is 0 Å². The molecule has 1 atom stereocenters. The third kappa shape index (κ3) is 3.23. The number of amides is 2. The molecule has 124 valence electrons. The fourth-order valence-electron chi connectivity index (χ4n) is 3.16. The lowest BCUT2D eigenvalue weighted by Gasteiger charge is -2.35. The number of likely N-dealkylation sites (N-methyl/N-ethyl adjacent to an activating group) is 1. The van der Waals surface area contributed by atoms with Crippen molar-refractivity contribution in [2.45, 2.75) is 19.4 Å². The minimum Gasteiger partial charge on any atom is -0.494 e. The molecule has 0 spiro atoms. The monoisotopic (exact) mass is 317 g/mol. The number of ether oxygens (including phenoxy) is 1. The van der Waals surface area contributed by atoms with E-state index in [4.69, 9.17) is 4.74 Å². The Morgan fingerprint density at radius 1 is 1.09 bits per heavy atom. The molecule has 23 heavy (non-hydrogen) atoms. The van der Waals surface area contributed by atoms with Crippen LogP contribution in [0.5, 0.6) is 5.75 Å². The maximum atomic E-state index is 12.7. The highest BCUT2D eigenvalue weighted by Gasteiger charge is 2.43. The second-order valence-corrected chi connectivity index (χ2v) is 6.05. The lowest BCUT2D eigenvalue weighted by molar-refractivity contribution is -0.123. The van der Waals surface area contributed by atoms with Crippen LogP contribution < -0.4 is 9.64 Å². The number of hydrogen-bond donors (Lipinski definition) is 0. The quantitative estimate of drug-likeness (QED) is 0.775. The van der Waals surface area contributed by atoms with Gasteiger partial charge in [-0.1, -0.05) is 0 Å². The van der Waals surface area contributed by atoms with E-state index in [0.29, 0.717) is 12.3 Å². The third-order valence-corrected chi connectivity index (χ3v) is 4.51. The van der Waals surface area contributed by atoms with Gasteiger partial charge in [-0.15, -0.1) is 0 Å². The molecule has 2 aliphatic rings. The van der Waals surface area contributed by atoms with Gasteiger partial charge in [0.25, 0.3) is 5.91 Å². The van der Waals surface area contributed by atoms with Crippen molar-refractivity contribution in [3.63, 3.8) is 0 Å². The number of carbonyl (C=O) groups excluding carboxylic acids is 2. The summed E-state index contributed by atoms with van der Waals surface area (Å²) in [5.74, 6) is 0.512. The second kappa shape index (κ2) is 6.68. The molecule has 1 aromatic rings. The predicted octanol–water partition coefficient (Wildman–Crippen LogP) is 0.965. The van der Waals surface area contributed by atoms with E-state index in [1.165, 1.54) is 4.90 Å². The van der Waals surface area contributed by atoms with E-state index >= 15 is 0 Å². The van der Waals surface area contributed by atoms with Crippen molar-refractivity contribution >= 4 is 17.5 Å². The van der Waals surface area contributed by atoms with Gasteiger partial charge in [0.15, 0.2) is 0 Å². The summed E-state index contributed by atoms with van der Waals surface area (Å²) < 4.78 is 5.40. The van der Waals surface area contributed by atoms with Crippen molar-refractivity contribution in [1.29, 1.82) is 0 Å². The Hall–Kier alpha value is -1.92. The number of anilines is 1. The van der Waals surface area contributed by atoms with Crippen molar-refractivity contribution in [3.8, 4) is 5.75 Å². The largest absolute Gasteiger partial charge is 0.494 e. The number of imide groups is 1. The SMILES string of the molecule is CCOc1ccc(N2C(=O)C[C@H](N3CCN(C)CC3)C2=O)cc1. The van der Waals surface area contributed by atoms with Crippen LogP contribution in [-0.2, 0) is 9.59 Å². The molecule has 0 aliphatic carbocycles. The van der Waals surface area contributed by atoms with Crippen LogP contribution in [0.15, 0.2) is 24.3 Å².